The van der Waals surface area contributed by atoms with Gasteiger partial charge in [-0.25, -0.2) is 17.9 Å². The lowest BCUT2D eigenvalue weighted by Crippen LogP contribution is -2.28. The molecule has 0 aliphatic carbocycles. The zero-order valence-corrected chi connectivity index (χ0v) is 17.0. The van der Waals surface area contributed by atoms with Gasteiger partial charge < -0.3 is 4.74 Å². The van der Waals surface area contributed by atoms with Crippen molar-refractivity contribution >= 4 is 27.6 Å². The third kappa shape index (κ3) is 4.26. The van der Waals surface area contributed by atoms with E-state index in [0.717, 1.165) is 22.3 Å². The maximum atomic E-state index is 12.8. The van der Waals surface area contributed by atoms with E-state index in [-0.39, 0.29) is 15.5 Å². The zero-order chi connectivity index (χ0) is 19.6. The summed E-state index contributed by atoms with van der Waals surface area (Å²) in [5.41, 5.74) is 4.24. The van der Waals surface area contributed by atoms with Gasteiger partial charge in [0.25, 0.3) is 0 Å². The van der Waals surface area contributed by atoms with Gasteiger partial charge >= 0.3 is 5.97 Å². The molecule has 2 rings (SSSR count). The van der Waals surface area contributed by atoms with Gasteiger partial charge in [-0.3, -0.25) is 0 Å². The molecule has 0 aliphatic rings. The Morgan fingerprint density at radius 1 is 1.08 bits per heavy atom. The van der Waals surface area contributed by atoms with Gasteiger partial charge in [-0.05, 0) is 68.1 Å². The van der Waals surface area contributed by atoms with Crippen molar-refractivity contribution in [3.05, 3.63) is 63.2 Å². The molecule has 0 radical (unpaired) electrons. The van der Waals surface area contributed by atoms with E-state index in [2.05, 4.69) is 9.46 Å². The van der Waals surface area contributed by atoms with Crippen LogP contribution >= 0.6 is 11.6 Å². The number of aryl methyl sites for hydroxylation is 3. The van der Waals surface area contributed by atoms with Crippen LogP contribution in [-0.4, -0.2) is 21.5 Å². The predicted molar refractivity (Wildman–Crippen MR) is 102 cm³/mol. The first kappa shape index (κ1) is 20.4. The average Bonchev–Trinajstić information content (AvgIpc) is 2.57. The fraction of sp³-hybridized carbons (Fsp3) is 0.316. The van der Waals surface area contributed by atoms with Crippen LogP contribution in [-0.2, 0) is 14.8 Å². The van der Waals surface area contributed by atoms with Crippen molar-refractivity contribution in [3.8, 4) is 0 Å². The highest BCUT2D eigenvalue weighted by Crippen LogP contribution is 2.27. The van der Waals surface area contributed by atoms with Gasteiger partial charge in [0.05, 0.1) is 17.7 Å². The van der Waals surface area contributed by atoms with Crippen LogP contribution in [0.2, 0.25) is 5.02 Å². The molecule has 26 heavy (non-hydrogen) atoms. The van der Waals surface area contributed by atoms with Crippen LogP contribution in [0.15, 0.2) is 35.2 Å². The molecule has 0 saturated heterocycles. The topological polar surface area (TPSA) is 72.5 Å². The molecule has 0 unspecified atom stereocenters. The van der Waals surface area contributed by atoms with Gasteiger partial charge in [-0.1, -0.05) is 23.7 Å². The second kappa shape index (κ2) is 7.78. The maximum absolute atomic E-state index is 12.8. The van der Waals surface area contributed by atoms with Gasteiger partial charge in [0.1, 0.15) is 4.90 Å². The molecule has 1 atom stereocenters. The zero-order valence-electron chi connectivity index (χ0n) is 15.4. The van der Waals surface area contributed by atoms with Crippen LogP contribution in [0.3, 0.4) is 0 Å². The van der Waals surface area contributed by atoms with E-state index in [0.29, 0.717) is 0 Å². The lowest BCUT2D eigenvalue weighted by Gasteiger charge is -2.19. The van der Waals surface area contributed by atoms with E-state index in [1.165, 1.54) is 25.3 Å². The molecule has 1 N–H and O–H groups in total. The van der Waals surface area contributed by atoms with E-state index in [9.17, 15) is 13.2 Å². The second-order valence-corrected chi connectivity index (χ2v) is 8.36. The number of hydrogen-bond acceptors (Lipinski definition) is 4. The predicted octanol–water partition coefficient (Wildman–Crippen LogP) is 4.09. The smallest absolute Gasteiger partial charge is 0.337 e. The minimum absolute atomic E-state index is 0.0363. The highest BCUT2D eigenvalue weighted by molar-refractivity contribution is 7.89. The number of esters is 1. The lowest BCUT2D eigenvalue weighted by molar-refractivity contribution is 0.0600. The van der Waals surface area contributed by atoms with Crippen LogP contribution in [0.25, 0.3) is 0 Å². The molecule has 0 heterocycles. The molecular formula is C19H22ClNO4S. The molecule has 0 aliphatic heterocycles. The Morgan fingerprint density at radius 2 is 1.69 bits per heavy atom. The minimum atomic E-state index is -3.93. The summed E-state index contributed by atoms with van der Waals surface area (Å²) in [5, 5.41) is 0.0363. The largest absolute Gasteiger partial charge is 0.465 e. The van der Waals surface area contributed by atoms with E-state index in [1.54, 1.807) is 6.92 Å². The molecule has 0 spiro atoms. The second-order valence-electron chi connectivity index (χ2n) is 6.27. The Morgan fingerprint density at radius 3 is 2.31 bits per heavy atom. The van der Waals surface area contributed by atoms with E-state index in [1.807, 2.05) is 32.9 Å². The lowest BCUT2D eigenvalue weighted by atomic mass is 9.97. The van der Waals surface area contributed by atoms with Gasteiger partial charge in [-0.15, -0.1) is 0 Å². The summed E-state index contributed by atoms with van der Waals surface area (Å²) in [4.78, 5) is 11.5. The van der Waals surface area contributed by atoms with Crippen LogP contribution in [0.1, 0.15) is 45.6 Å². The average molecular weight is 396 g/mol. The van der Waals surface area contributed by atoms with Gasteiger partial charge in [0, 0.05) is 6.04 Å². The van der Waals surface area contributed by atoms with Crippen LogP contribution in [0, 0.1) is 20.8 Å². The normalized spacial score (nSPS) is 12.7. The molecule has 0 saturated carbocycles. The summed E-state index contributed by atoms with van der Waals surface area (Å²) in [6, 6.07) is 7.55. The number of methoxy groups -OCH3 is 1. The Labute approximate surface area is 159 Å². The highest BCUT2D eigenvalue weighted by Gasteiger charge is 2.24. The number of rotatable bonds is 5. The number of nitrogens with one attached hydrogen (secondary N) is 1. The molecule has 5 nitrogen and oxygen atoms in total. The summed E-state index contributed by atoms with van der Waals surface area (Å²) in [5.74, 6) is -0.629. The molecule has 0 amide bonds. The minimum Gasteiger partial charge on any atom is -0.465 e. The number of halogens is 1. The molecule has 140 valence electrons. The molecule has 2 aromatic rings. The first-order chi connectivity index (χ1) is 12.1. The van der Waals surface area contributed by atoms with Gasteiger partial charge in [0.2, 0.25) is 10.0 Å². The highest BCUT2D eigenvalue weighted by atomic mass is 35.5. The first-order valence-electron chi connectivity index (χ1n) is 8.04. The van der Waals surface area contributed by atoms with Crippen molar-refractivity contribution in [3.63, 3.8) is 0 Å². The molecular weight excluding hydrogens is 374 g/mol. The number of ether oxygens (including phenoxy) is 1. The molecule has 7 heteroatoms. The quantitative estimate of drug-likeness (QED) is 0.774. The number of carbonyl (C=O) groups is 1. The first-order valence-corrected chi connectivity index (χ1v) is 9.91. The van der Waals surface area contributed by atoms with E-state index >= 15 is 0 Å². The van der Waals surface area contributed by atoms with Crippen LogP contribution in [0.4, 0.5) is 0 Å². The fourth-order valence-electron chi connectivity index (χ4n) is 2.76. The van der Waals surface area contributed by atoms with Crippen molar-refractivity contribution in [2.75, 3.05) is 7.11 Å². The van der Waals surface area contributed by atoms with Crippen molar-refractivity contribution in [2.24, 2.45) is 0 Å². The summed E-state index contributed by atoms with van der Waals surface area (Å²) in [7, 11) is -2.70. The van der Waals surface area contributed by atoms with Crippen molar-refractivity contribution in [1.82, 2.24) is 4.72 Å². The van der Waals surface area contributed by atoms with E-state index in [4.69, 9.17) is 11.6 Å². The third-order valence-corrected chi connectivity index (χ3v) is 6.34. The van der Waals surface area contributed by atoms with Crippen LogP contribution in [0.5, 0.6) is 0 Å². The van der Waals surface area contributed by atoms with E-state index < -0.39 is 22.0 Å². The molecule has 2 aromatic carbocycles. The Bertz CT molecular complexity index is 954. The number of carbonyl (C=O) groups excluding carboxylic acids is 1. The summed E-state index contributed by atoms with van der Waals surface area (Å²) < 4.78 is 32.9. The third-order valence-electron chi connectivity index (χ3n) is 4.32. The Kier molecular flexibility index (Phi) is 6.11. The van der Waals surface area contributed by atoms with Crippen molar-refractivity contribution in [1.29, 1.82) is 0 Å². The van der Waals surface area contributed by atoms with Crippen LogP contribution < -0.4 is 4.72 Å². The summed E-state index contributed by atoms with van der Waals surface area (Å²) in [6.07, 6.45) is 0. The van der Waals surface area contributed by atoms with Crippen molar-refractivity contribution < 1.29 is 17.9 Å². The van der Waals surface area contributed by atoms with Gasteiger partial charge in [-0.2, -0.15) is 0 Å². The summed E-state index contributed by atoms with van der Waals surface area (Å²) in [6.45, 7) is 7.71. The molecule has 0 fully saturated rings. The van der Waals surface area contributed by atoms with Crippen molar-refractivity contribution in [2.45, 2.75) is 38.6 Å². The SMILES string of the molecule is COC(=O)c1ccc(Cl)c(S(=O)(=O)N[C@@H](C)c2cc(C)c(C)cc2C)c1. The monoisotopic (exact) mass is 395 g/mol. The number of sulfonamides is 1. The Balaban J connectivity index is 2.40. The summed E-state index contributed by atoms with van der Waals surface area (Å²) >= 11 is 6.06. The number of hydrogen-bond donors (Lipinski definition) is 1. The number of benzene rings is 2. The molecule has 0 bridgehead atoms. The Hall–Kier alpha value is -1.89. The fourth-order valence-corrected chi connectivity index (χ4v) is 4.51. The standard InChI is InChI=1S/C19H22ClNO4S/c1-11-8-13(3)16(9-12(11)2)14(4)21-26(23,24)18-10-15(19(22)25-5)6-7-17(18)20/h6-10,14,21H,1-5H3/t14-/m0/s1. The maximum Gasteiger partial charge on any atom is 0.337 e. The molecule has 0 aromatic heterocycles. The van der Waals surface area contributed by atoms with Gasteiger partial charge in [0.15, 0.2) is 0 Å².